The van der Waals surface area contributed by atoms with Crippen molar-refractivity contribution in [1.29, 1.82) is 0 Å². The number of hydrogen-bond donors (Lipinski definition) is 0. The molecule has 82 valence electrons. The van der Waals surface area contributed by atoms with Gasteiger partial charge in [0.15, 0.2) is 5.78 Å². The molecule has 0 atom stereocenters. The van der Waals surface area contributed by atoms with Crippen molar-refractivity contribution in [1.82, 2.24) is 4.57 Å². The number of pyridine rings is 1. The van der Waals surface area contributed by atoms with Gasteiger partial charge in [0.25, 0.3) is 5.56 Å². The van der Waals surface area contributed by atoms with Crippen molar-refractivity contribution in [2.24, 2.45) is 0 Å². The minimum atomic E-state index is -4.47. The second-order valence-electron chi connectivity index (χ2n) is 3.03. The van der Waals surface area contributed by atoms with Crippen LogP contribution in [0.3, 0.4) is 0 Å². The number of aromatic nitrogens is 1. The molecule has 1 rings (SSSR count). The van der Waals surface area contributed by atoms with Crippen molar-refractivity contribution in [2.75, 3.05) is 0 Å². The van der Waals surface area contributed by atoms with Crippen LogP contribution in [0, 0.1) is 0 Å². The van der Waals surface area contributed by atoms with Crippen molar-refractivity contribution in [3.05, 3.63) is 34.2 Å². The number of hydrogen-bond acceptors (Lipinski definition) is 2. The number of carbonyl (C=O) groups excluding carboxylic acids is 1. The van der Waals surface area contributed by atoms with E-state index in [1.807, 2.05) is 0 Å². The monoisotopic (exact) mass is 219 g/mol. The first kappa shape index (κ1) is 11.5. The van der Waals surface area contributed by atoms with Crippen LogP contribution in [0.5, 0.6) is 0 Å². The van der Waals surface area contributed by atoms with E-state index in [4.69, 9.17) is 0 Å². The molecule has 0 amide bonds. The molecule has 0 fully saturated rings. The van der Waals surface area contributed by atoms with Crippen molar-refractivity contribution in [3.63, 3.8) is 0 Å². The van der Waals surface area contributed by atoms with Gasteiger partial charge in [0.1, 0.15) is 6.54 Å². The highest BCUT2D eigenvalue weighted by molar-refractivity contribution is 5.93. The predicted octanol–water partition coefficient (Wildman–Crippen LogP) is 1.61. The van der Waals surface area contributed by atoms with Crippen molar-refractivity contribution < 1.29 is 18.0 Å². The van der Waals surface area contributed by atoms with Gasteiger partial charge in [0.2, 0.25) is 0 Å². The van der Waals surface area contributed by atoms with Crippen LogP contribution in [0.15, 0.2) is 23.1 Å². The number of Topliss-reactive ketones (excluding diaryl/α,β-unsaturated/α-hetero) is 1. The lowest BCUT2D eigenvalue weighted by Crippen LogP contribution is -2.30. The van der Waals surface area contributed by atoms with Gasteiger partial charge in [-0.1, -0.05) is 0 Å². The topological polar surface area (TPSA) is 39.1 Å². The zero-order valence-corrected chi connectivity index (χ0v) is 7.84. The van der Waals surface area contributed by atoms with E-state index in [2.05, 4.69) is 0 Å². The standard InChI is InChI=1S/C9H8F3NO2/c1-6(14)7-3-2-4-13(8(7)15)5-9(10,11)12/h2-4H,5H2,1H3. The summed E-state index contributed by atoms with van der Waals surface area (Å²) in [6.45, 7) is -0.248. The maximum atomic E-state index is 12.0. The third-order valence-corrected chi connectivity index (χ3v) is 1.75. The summed E-state index contributed by atoms with van der Waals surface area (Å²) < 4.78 is 36.5. The molecule has 0 aliphatic carbocycles. The molecule has 0 saturated heterocycles. The van der Waals surface area contributed by atoms with Gasteiger partial charge in [-0.05, 0) is 19.1 Å². The largest absolute Gasteiger partial charge is 0.406 e. The molecule has 1 aromatic heterocycles. The number of rotatable bonds is 2. The molecule has 3 nitrogen and oxygen atoms in total. The Balaban J connectivity index is 3.17. The molecule has 0 N–H and O–H groups in total. The Morgan fingerprint density at radius 2 is 2.07 bits per heavy atom. The number of nitrogens with zero attached hydrogens (tertiary/aromatic N) is 1. The van der Waals surface area contributed by atoms with E-state index >= 15 is 0 Å². The Hall–Kier alpha value is -1.59. The molecular weight excluding hydrogens is 211 g/mol. The highest BCUT2D eigenvalue weighted by atomic mass is 19.4. The quantitative estimate of drug-likeness (QED) is 0.709. The van der Waals surface area contributed by atoms with Crippen molar-refractivity contribution >= 4 is 5.78 Å². The first-order valence-electron chi connectivity index (χ1n) is 4.08. The molecule has 0 radical (unpaired) electrons. The van der Waals surface area contributed by atoms with Gasteiger partial charge in [0.05, 0.1) is 5.56 Å². The Morgan fingerprint density at radius 3 is 2.53 bits per heavy atom. The maximum Gasteiger partial charge on any atom is 0.406 e. The van der Waals surface area contributed by atoms with Crippen molar-refractivity contribution in [3.8, 4) is 0 Å². The summed E-state index contributed by atoms with van der Waals surface area (Å²) in [5, 5.41) is 0. The van der Waals surface area contributed by atoms with Gasteiger partial charge in [-0.2, -0.15) is 13.2 Å². The van der Waals surface area contributed by atoms with E-state index in [9.17, 15) is 22.8 Å². The maximum absolute atomic E-state index is 12.0. The molecule has 0 saturated carbocycles. The Bertz CT molecular complexity index is 434. The van der Waals surface area contributed by atoms with E-state index in [1.165, 1.54) is 12.1 Å². The molecule has 0 spiro atoms. The Morgan fingerprint density at radius 1 is 1.47 bits per heavy atom. The second-order valence-corrected chi connectivity index (χ2v) is 3.03. The zero-order chi connectivity index (χ0) is 11.6. The van der Waals surface area contributed by atoms with Crippen LogP contribution in [-0.2, 0) is 6.54 Å². The Labute approximate surface area is 83.1 Å². The van der Waals surface area contributed by atoms with Crippen LogP contribution in [0.4, 0.5) is 13.2 Å². The molecule has 0 aliphatic rings. The summed E-state index contributed by atoms with van der Waals surface area (Å²) in [5.74, 6) is -0.545. The first-order valence-corrected chi connectivity index (χ1v) is 4.08. The summed E-state index contributed by atoms with van der Waals surface area (Å²) in [6.07, 6.45) is -3.47. The molecule has 0 bridgehead atoms. The number of alkyl halides is 3. The molecule has 0 aromatic carbocycles. The SMILES string of the molecule is CC(=O)c1cccn(CC(F)(F)F)c1=O. The van der Waals surface area contributed by atoms with Crippen LogP contribution in [0.25, 0.3) is 0 Å². The molecule has 15 heavy (non-hydrogen) atoms. The molecular formula is C9H8F3NO2. The fraction of sp³-hybridized carbons (Fsp3) is 0.333. The zero-order valence-electron chi connectivity index (χ0n) is 7.84. The first-order chi connectivity index (χ1) is 6.81. The average Bonchev–Trinajstić information content (AvgIpc) is 2.05. The van der Waals surface area contributed by atoms with Gasteiger partial charge in [0, 0.05) is 6.20 Å². The lowest BCUT2D eigenvalue weighted by Gasteiger charge is -2.09. The third kappa shape index (κ3) is 2.93. The van der Waals surface area contributed by atoms with Gasteiger partial charge in [-0.25, -0.2) is 0 Å². The molecule has 6 heteroatoms. The summed E-state index contributed by atoms with van der Waals surface area (Å²) in [6, 6.07) is 2.45. The third-order valence-electron chi connectivity index (χ3n) is 1.75. The summed E-state index contributed by atoms with van der Waals surface area (Å²) in [4.78, 5) is 22.2. The lowest BCUT2D eigenvalue weighted by molar-refractivity contribution is -0.141. The van der Waals surface area contributed by atoms with E-state index in [1.54, 1.807) is 0 Å². The van der Waals surface area contributed by atoms with Crippen molar-refractivity contribution in [2.45, 2.75) is 19.6 Å². The van der Waals surface area contributed by atoms with Gasteiger partial charge >= 0.3 is 6.18 Å². The minimum Gasteiger partial charge on any atom is -0.306 e. The highest BCUT2D eigenvalue weighted by Gasteiger charge is 2.28. The van der Waals surface area contributed by atoms with Crippen LogP contribution >= 0.6 is 0 Å². The smallest absolute Gasteiger partial charge is 0.306 e. The number of carbonyl (C=O) groups is 1. The fourth-order valence-electron chi connectivity index (χ4n) is 1.12. The molecule has 1 heterocycles. The van der Waals surface area contributed by atoms with E-state index in [0.717, 1.165) is 13.1 Å². The summed E-state index contributed by atoms with van der Waals surface area (Å²) in [7, 11) is 0. The normalized spacial score (nSPS) is 11.5. The fourth-order valence-corrected chi connectivity index (χ4v) is 1.12. The summed E-state index contributed by atoms with van der Waals surface area (Å²) in [5.41, 5.74) is -1.15. The van der Waals surface area contributed by atoms with Gasteiger partial charge in [-0.15, -0.1) is 0 Å². The predicted molar refractivity (Wildman–Crippen MR) is 46.8 cm³/mol. The Kier molecular flexibility index (Phi) is 2.97. The number of ketones is 1. The molecule has 0 aliphatic heterocycles. The van der Waals surface area contributed by atoms with Gasteiger partial charge in [-0.3, -0.25) is 9.59 Å². The van der Waals surface area contributed by atoms with Crippen LogP contribution in [-0.4, -0.2) is 16.5 Å². The summed E-state index contributed by atoms with van der Waals surface area (Å²) >= 11 is 0. The van der Waals surface area contributed by atoms with E-state index in [-0.39, 0.29) is 5.56 Å². The lowest BCUT2D eigenvalue weighted by atomic mass is 10.2. The van der Waals surface area contributed by atoms with Crippen LogP contribution in [0.1, 0.15) is 17.3 Å². The number of halogens is 3. The van der Waals surface area contributed by atoms with Crippen LogP contribution in [0.2, 0.25) is 0 Å². The van der Waals surface area contributed by atoms with E-state index in [0.29, 0.717) is 4.57 Å². The van der Waals surface area contributed by atoms with Gasteiger partial charge < -0.3 is 4.57 Å². The van der Waals surface area contributed by atoms with Crippen LogP contribution < -0.4 is 5.56 Å². The molecule has 1 aromatic rings. The highest BCUT2D eigenvalue weighted by Crippen LogP contribution is 2.16. The molecule has 0 unspecified atom stereocenters. The minimum absolute atomic E-state index is 0.234. The second kappa shape index (κ2) is 3.88. The average molecular weight is 219 g/mol. The van der Waals surface area contributed by atoms with E-state index < -0.39 is 24.1 Å².